The van der Waals surface area contributed by atoms with E-state index >= 15 is 0 Å². The quantitative estimate of drug-likeness (QED) is 0.850. The van der Waals surface area contributed by atoms with Crippen molar-refractivity contribution in [2.45, 2.75) is 13.8 Å². The maximum absolute atomic E-state index is 5.32. The maximum atomic E-state index is 5.32. The molecule has 2 rings (SSSR count). The average Bonchev–Trinajstić information content (AvgIpc) is 2.38. The Labute approximate surface area is 124 Å². The first-order chi connectivity index (χ1) is 9.12. The topological polar surface area (TPSA) is 56.3 Å². The number of nitrogens with zero attached hydrogens (tertiary/aromatic N) is 2. The Balaban J connectivity index is 0.00000200. The highest BCUT2D eigenvalue weighted by Gasteiger charge is 2.07. The summed E-state index contributed by atoms with van der Waals surface area (Å²) in [5.41, 5.74) is 2.64. The Morgan fingerprint density at radius 1 is 0.950 bits per heavy atom. The van der Waals surface area contributed by atoms with Crippen molar-refractivity contribution in [2.75, 3.05) is 19.5 Å². The molecular formula is C14H17ClN3O2-. The third kappa shape index (κ3) is 3.74. The van der Waals surface area contributed by atoms with E-state index in [0.717, 1.165) is 22.8 Å². The minimum absolute atomic E-state index is 0. The summed E-state index contributed by atoms with van der Waals surface area (Å²) < 4.78 is 10.5. The highest BCUT2D eigenvalue weighted by atomic mass is 35.5. The second-order valence-electron chi connectivity index (χ2n) is 4.17. The zero-order chi connectivity index (χ0) is 13.8. The van der Waals surface area contributed by atoms with Crippen LogP contribution >= 0.6 is 0 Å². The van der Waals surface area contributed by atoms with E-state index in [1.807, 2.05) is 38.1 Å². The molecule has 20 heavy (non-hydrogen) atoms. The van der Waals surface area contributed by atoms with Crippen LogP contribution in [0.4, 0.5) is 11.6 Å². The predicted octanol–water partition coefficient (Wildman–Crippen LogP) is -0.142. The number of methoxy groups -OCH3 is 2. The fourth-order valence-electron chi connectivity index (χ4n) is 1.80. The smallest absolute Gasteiger partial charge is 0.227 e. The lowest BCUT2D eigenvalue weighted by molar-refractivity contribution is -0.00000492. The van der Waals surface area contributed by atoms with Crippen molar-refractivity contribution in [3.8, 4) is 11.5 Å². The van der Waals surface area contributed by atoms with Crippen molar-refractivity contribution in [1.82, 2.24) is 9.97 Å². The predicted molar refractivity (Wildman–Crippen MR) is 74.3 cm³/mol. The summed E-state index contributed by atoms with van der Waals surface area (Å²) in [5.74, 6) is 1.98. The van der Waals surface area contributed by atoms with Gasteiger partial charge in [0.1, 0.15) is 11.5 Å². The maximum Gasteiger partial charge on any atom is 0.227 e. The minimum atomic E-state index is 0. The van der Waals surface area contributed by atoms with Gasteiger partial charge in [-0.1, -0.05) is 0 Å². The van der Waals surface area contributed by atoms with Crippen molar-refractivity contribution in [1.29, 1.82) is 0 Å². The van der Waals surface area contributed by atoms with Gasteiger partial charge < -0.3 is 27.2 Å². The van der Waals surface area contributed by atoms with E-state index in [1.54, 1.807) is 14.2 Å². The summed E-state index contributed by atoms with van der Waals surface area (Å²) in [7, 11) is 3.23. The molecule has 0 spiro atoms. The molecule has 0 aliphatic carbocycles. The summed E-state index contributed by atoms with van der Waals surface area (Å²) in [6.45, 7) is 3.87. The average molecular weight is 295 g/mol. The molecule has 1 aromatic heterocycles. The molecule has 0 saturated carbocycles. The Bertz CT molecular complexity index is 570. The molecule has 2 aromatic rings. The number of nitrogens with one attached hydrogen (secondary N) is 1. The highest BCUT2D eigenvalue weighted by Crippen LogP contribution is 2.30. The van der Waals surface area contributed by atoms with Crippen LogP contribution < -0.4 is 27.2 Å². The van der Waals surface area contributed by atoms with E-state index in [9.17, 15) is 0 Å². The van der Waals surface area contributed by atoms with Gasteiger partial charge in [-0.2, -0.15) is 0 Å². The van der Waals surface area contributed by atoms with E-state index in [2.05, 4.69) is 15.3 Å². The van der Waals surface area contributed by atoms with Crippen molar-refractivity contribution >= 4 is 11.6 Å². The highest BCUT2D eigenvalue weighted by molar-refractivity contribution is 5.64. The monoisotopic (exact) mass is 294 g/mol. The number of hydrogen-bond acceptors (Lipinski definition) is 5. The second kappa shape index (κ2) is 6.96. The van der Waals surface area contributed by atoms with Crippen LogP contribution in [0.2, 0.25) is 0 Å². The Kier molecular flexibility index (Phi) is 5.58. The Morgan fingerprint density at radius 2 is 1.60 bits per heavy atom. The molecule has 0 fully saturated rings. The molecule has 0 aliphatic heterocycles. The molecule has 1 aromatic carbocycles. The molecule has 0 atom stereocenters. The summed E-state index contributed by atoms with van der Waals surface area (Å²) >= 11 is 0. The van der Waals surface area contributed by atoms with Crippen LogP contribution in [0, 0.1) is 13.8 Å². The molecule has 0 bridgehead atoms. The number of halogens is 1. The summed E-state index contributed by atoms with van der Waals surface area (Å²) in [6.07, 6.45) is 0. The molecular weight excluding hydrogens is 278 g/mol. The van der Waals surface area contributed by atoms with Crippen LogP contribution in [0.5, 0.6) is 11.5 Å². The van der Waals surface area contributed by atoms with Crippen LogP contribution in [0.3, 0.4) is 0 Å². The molecule has 0 unspecified atom stereocenters. The molecule has 0 radical (unpaired) electrons. The zero-order valence-electron chi connectivity index (χ0n) is 11.9. The fraction of sp³-hybridized carbons (Fsp3) is 0.286. The van der Waals surface area contributed by atoms with Gasteiger partial charge in [-0.3, -0.25) is 0 Å². The van der Waals surface area contributed by atoms with Gasteiger partial charge in [0.25, 0.3) is 0 Å². The van der Waals surface area contributed by atoms with Gasteiger partial charge in [-0.15, -0.1) is 0 Å². The van der Waals surface area contributed by atoms with Gasteiger partial charge in [-0.25, -0.2) is 9.97 Å². The van der Waals surface area contributed by atoms with Crippen LogP contribution in [0.25, 0.3) is 0 Å². The molecule has 0 aliphatic rings. The van der Waals surface area contributed by atoms with Crippen LogP contribution in [-0.2, 0) is 0 Å². The lowest BCUT2D eigenvalue weighted by atomic mass is 10.2. The summed E-state index contributed by atoms with van der Waals surface area (Å²) in [6, 6.07) is 7.47. The number of aryl methyl sites for hydroxylation is 2. The van der Waals surface area contributed by atoms with Gasteiger partial charge in [0.2, 0.25) is 5.95 Å². The van der Waals surface area contributed by atoms with E-state index in [-0.39, 0.29) is 12.4 Å². The lowest BCUT2D eigenvalue weighted by Gasteiger charge is -2.12. The first-order valence-electron chi connectivity index (χ1n) is 5.93. The molecule has 0 amide bonds. The third-order valence-electron chi connectivity index (χ3n) is 2.64. The van der Waals surface area contributed by atoms with Gasteiger partial charge >= 0.3 is 0 Å². The van der Waals surface area contributed by atoms with Crippen molar-refractivity contribution in [3.63, 3.8) is 0 Å². The van der Waals surface area contributed by atoms with Crippen LogP contribution in [-0.4, -0.2) is 24.2 Å². The molecule has 5 nitrogen and oxygen atoms in total. The number of anilines is 2. The largest absolute Gasteiger partial charge is 1.00 e. The molecule has 0 saturated heterocycles. The first kappa shape index (κ1) is 16.0. The van der Waals surface area contributed by atoms with Gasteiger partial charge in [0, 0.05) is 17.5 Å². The SMILES string of the molecule is COc1ccc(Nc2nc(C)cc(C)n2)c(OC)c1.[Cl-]. The van der Waals surface area contributed by atoms with Gasteiger partial charge in [-0.05, 0) is 32.0 Å². The van der Waals surface area contributed by atoms with E-state index in [4.69, 9.17) is 9.47 Å². The molecule has 6 heteroatoms. The van der Waals surface area contributed by atoms with Gasteiger partial charge in [0.15, 0.2) is 0 Å². The van der Waals surface area contributed by atoms with Gasteiger partial charge in [0.05, 0.1) is 19.9 Å². The summed E-state index contributed by atoms with van der Waals surface area (Å²) in [4.78, 5) is 8.68. The standard InChI is InChI=1S/C14H17N3O2.ClH/c1-9-7-10(2)16-14(15-9)17-12-6-5-11(18-3)8-13(12)19-4;/h5-8H,1-4H3,(H,15,16,17);1H/p-1. The van der Waals surface area contributed by atoms with Crippen molar-refractivity contribution in [2.24, 2.45) is 0 Å². The number of benzene rings is 1. The normalized spacial score (nSPS) is 9.60. The first-order valence-corrected chi connectivity index (χ1v) is 5.93. The third-order valence-corrected chi connectivity index (χ3v) is 2.64. The van der Waals surface area contributed by atoms with Crippen LogP contribution in [0.15, 0.2) is 24.3 Å². The number of aromatic nitrogens is 2. The number of hydrogen-bond donors (Lipinski definition) is 1. The van der Waals surface area contributed by atoms with Crippen molar-refractivity contribution < 1.29 is 21.9 Å². The Morgan fingerprint density at radius 3 is 2.15 bits per heavy atom. The molecule has 1 heterocycles. The van der Waals surface area contributed by atoms with Crippen molar-refractivity contribution in [3.05, 3.63) is 35.7 Å². The van der Waals surface area contributed by atoms with E-state index in [1.165, 1.54) is 0 Å². The van der Waals surface area contributed by atoms with E-state index < -0.39 is 0 Å². The van der Waals surface area contributed by atoms with E-state index in [0.29, 0.717) is 11.7 Å². The fourth-order valence-corrected chi connectivity index (χ4v) is 1.80. The Hall–Kier alpha value is -2.01. The molecule has 108 valence electrons. The van der Waals surface area contributed by atoms with Crippen LogP contribution in [0.1, 0.15) is 11.4 Å². The minimum Gasteiger partial charge on any atom is -1.00 e. The number of ether oxygens (including phenoxy) is 2. The lowest BCUT2D eigenvalue weighted by Crippen LogP contribution is -3.00. The zero-order valence-corrected chi connectivity index (χ0v) is 12.7. The molecule has 1 N–H and O–H groups in total. The number of rotatable bonds is 4. The second-order valence-corrected chi connectivity index (χ2v) is 4.17. The summed E-state index contributed by atoms with van der Waals surface area (Å²) in [5, 5.41) is 3.15.